The number of nitrogens with one attached hydrogen (secondary N) is 1. The zero-order valence-corrected chi connectivity index (χ0v) is 14.7. The Morgan fingerprint density at radius 1 is 1.30 bits per heavy atom. The largest absolute Gasteiger partial charge is 0.352 e. The molecule has 110 valence electrons. The van der Waals surface area contributed by atoms with Gasteiger partial charge in [0.25, 0.3) is 5.91 Å². The summed E-state index contributed by atoms with van der Waals surface area (Å²) < 4.78 is 0.944. The quantitative estimate of drug-likeness (QED) is 0.710. The predicted octanol–water partition coefficient (Wildman–Crippen LogP) is 4.89. The van der Waals surface area contributed by atoms with E-state index in [1.165, 1.54) is 32.1 Å². The van der Waals surface area contributed by atoms with Gasteiger partial charge in [-0.05, 0) is 65.5 Å². The summed E-state index contributed by atoms with van der Waals surface area (Å²) in [5, 5.41) is 3.68. The topological polar surface area (TPSA) is 29.1 Å². The average molecular weight is 406 g/mol. The minimum absolute atomic E-state index is 0.00508. The summed E-state index contributed by atoms with van der Waals surface area (Å²) in [6.07, 6.45) is 6.40. The highest BCUT2D eigenvalue weighted by atomic mass is 127. The van der Waals surface area contributed by atoms with Crippen molar-refractivity contribution in [3.05, 3.63) is 32.4 Å². The van der Waals surface area contributed by atoms with Crippen LogP contribution in [0.1, 0.15) is 49.4 Å². The van der Waals surface area contributed by atoms with Gasteiger partial charge in [-0.2, -0.15) is 0 Å². The molecule has 0 spiro atoms. The van der Waals surface area contributed by atoms with E-state index >= 15 is 0 Å². The second kappa shape index (κ2) is 7.64. The third-order valence-corrected chi connectivity index (χ3v) is 5.44. The second-order valence-electron chi connectivity index (χ2n) is 5.63. The van der Waals surface area contributed by atoms with Crippen molar-refractivity contribution in [2.75, 3.05) is 6.54 Å². The van der Waals surface area contributed by atoms with Crippen molar-refractivity contribution in [1.82, 2.24) is 5.32 Å². The fourth-order valence-corrected chi connectivity index (χ4v) is 3.60. The fraction of sp³-hybridized carbons (Fsp3) is 0.562. The summed E-state index contributed by atoms with van der Waals surface area (Å²) in [7, 11) is 0. The SMILES string of the molecule is CCC1CCC(CNC(=O)c2cc(Cl)ccc2I)CC1. The van der Waals surface area contributed by atoms with E-state index in [9.17, 15) is 4.79 Å². The van der Waals surface area contributed by atoms with Gasteiger partial charge in [-0.3, -0.25) is 4.79 Å². The van der Waals surface area contributed by atoms with Gasteiger partial charge in [0.1, 0.15) is 0 Å². The monoisotopic (exact) mass is 405 g/mol. The van der Waals surface area contributed by atoms with Crippen molar-refractivity contribution in [2.24, 2.45) is 11.8 Å². The summed E-state index contributed by atoms with van der Waals surface area (Å²) >= 11 is 8.13. The Hall–Kier alpha value is -0.290. The lowest BCUT2D eigenvalue weighted by molar-refractivity contribution is 0.0940. The molecule has 0 aliphatic heterocycles. The van der Waals surface area contributed by atoms with Crippen LogP contribution in [0.2, 0.25) is 5.02 Å². The number of carbonyl (C=O) groups is 1. The van der Waals surface area contributed by atoms with Crippen LogP contribution in [-0.2, 0) is 0 Å². The first-order chi connectivity index (χ1) is 9.60. The number of halogens is 2. The highest BCUT2D eigenvalue weighted by molar-refractivity contribution is 14.1. The van der Waals surface area contributed by atoms with Gasteiger partial charge in [-0.25, -0.2) is 0 Å². The van der Waals surface area contributed by atoms with Gasteiger partial charge in [0.2, 0.25) is 0 Å². The zero-order valence-electron chi connectivity index (χ0n) is 11.8. The number of rotatable bonds is 4. The lowest BCUT2D eigenvalue weighted by Crippen LogP contribution is -2.31. The molecule has 2 rings (SSSR count). The van der Waals surface area contributed by atoms with Gasteiger partial charge in [0, 0.05) is 15.1 Å². The van der Waals surface area contributed by atoms with E-state index in [2.05, 4.69) is 34.8 Å². The molecule has 1 aliphatic rings. The van der Waals surface area contributed by atoms with E-state index in [0.717, 1.165) is 16.0 Å². The summed E-state index contributed by atoms with van der Waals surface area (Å²) in [6, 6.07) is 5.43. The second-order valence-corrected chi connectivity index (χ2v) is 7.23. The van der Waals surface area contributed by atoms with Crippen molar-refractivity contribution in [3.8, 4) is 0 Å². The van der Waals surface area contributed by atoms with Gasteiger partial charge in [0.05, 0.1) is 5.56 Å². The third kappa shape index (κ3) is 4.35. The minimum Gasteiger partial charge on any atom is -0.352 e. The van der Waals surface area contributed by atoms with E-state index in [-0.39, 0.29) is 5.91 Å². The molecule has 4 heteroatoms. The molecule has 0 bridgehead atoms. The van der Waals surface area contributed by atoms with Crippen LogP contribution in [0.5, 0.6) is 0 Å². The first kappa shape index (κ1) is 16.1. The van der Waals surface area contributed by atoms with Crippen LogP contribution in [0.15, 0.2) is 18.2 Å². The van der Waals surface area contributed by atoms with Crippen LogP contribution in [0, 0.1) is 15.4 Å². The van der Waals surface area contributed by atoms with Crippen molar-refractivity contribution >= 4 is 40.1 Å². The van der Waals surface area contributed by atoms with Crippen LogP contribution >= 0.6 is 34.2 Å². The molecule has 0 atom stereocenters. The smallest absolute Gasteiger partial charge is 0.252 e. The average Bonchev–Trinajstić information content (AvgIpc) is 2.47. The highest BCUT2D eigenvalue weighted by Crippen LogP contribution is 2.30. The van der Waals surface area contributed by atoms with Crippen LogP contribution in [-0.4, -0.2) is 12.5 Å². The normalized spacial score (nSPS) is 22.6. The number of benzene rings is 1. The van der Waals surface area contributed by atoms with Crippen molar-refractivity contribution in [1.29, 1.82) is 0 Å². The molecule has 1 fully saturated rings. The summed E-state index contributed by atoms with van der Waals surface area (Å²) in [6.45, 7) is 3.06. The van der Waals surface area contributed by atoms with Gasteiger partial charge < -0.3 is 5.32 Å². The number of amides is 1. The van der Waals surface area contributed by atoms with Gasteiger partial charge in [-0.1, -0.05) is 37.8 Å². The van der Waals surface area contributed by atoms with Crippen molar-refractivity contribution < 1.29 is 4.79 Å². The molecular weight excluding hydrogens is 385 g/mol. The Bertz CT molecular complexity index is 470. The first-order valence-electron chi connectivity index (χ1n) is 7.33. The first-order valence-corrected chi connectivity index (χ1v) is 8.79. The molecule has 0 unspecified atom stereocenters. The molecule has 0 heterocycles. The van der Waals surface area contributed by atoms with Crippen LogP contribution in [0.4, 0.5) is 0 Å². The Balaban J connectivity index is 1.85. The molecular formula is C16H21ClINO. The molecule has 1 saturated carbocycles. The minimum atomic E-state index is -0.00508. The lowest BCUT2D eigenvalue weighted by Gasteiger charge is -2.27. The summed E-state index contributed by atoms with van der Waals surface area (Å²) in [5.41, 5.74) is 0.681. The summed E-state index contributed by atoms with van der Waals surface area (Å²) in [4.78, 5) is 12.2. The Kier molecular flexibility index (Phi) is 6.15. The Morgan fingerprint density at radius 3 is 2.60 bits per heavy atom. The van der Waals surface area contributed by atoms with Gasteiger partial charge >= 0.3 is 0 Å². The highest BCUT2D eigenvalue weighted by Gasteiger charge is 2.20. The van der Waals surface area contributed by atoms with E-state index in [1.54, 1.807) is 6.07 Å². The molecule has 0 aromatic heterocycles. The fourth-order valence-electron chi connectivity index (χ4n) is 2.85. The molecule has 0 radical (unpaired) electrons. The van der Waals surface area contributed by atoms with Crippen molar-refractivity contribution in [3.63, 3.8) is 0 Å². The Labute approximate surface area is 139 Å². The molecule has 20 heavy (non-hydrogen) atoms. The maximum atomic E-state index is 12.2. The van der Waals surface area contributed by atoms with Crippen LogP contribution in [0.3, 0.4) is 0 Å². The standard InChI is InChI=1S/C16H21ClINO/c1-2-11-3-5-12(6-4-11)10-19-16(20)14-9-13(17)7-8-15(14)18/h7-9,11-12H,2-6,10H2,1H3,(H,19,20). The van der Waals surface area contributed by atoms with Crippen LogP contribution in [0.25, 0.3) is 0 Å². The van der Waals surface area contributed by atoms with E-state index < -0.39 is 0 Å². The Morgan fingerprint density at radius 2 is 1.95 bits per heavy atom. The molecule has 1 aromatic carbocycles. The number of hydrogen-bond donors (Lipinski definition) is 1. The molecule has 2 nitrogen and oxygen atoms in total. The maximum Gasteiger partial charge on any atom is 0.252 e. The summed E-state index contributed by atoms with van der Waals surface area (Å²) in [5.74, 6) is 1.53. The third-order valence-electron chi connectivity index (χ3n) is 4.27. The lowest BCUT2D eigenvalue weighted by atomic mass is 9.81. The molecule has 1 amide bonds. The maximum absolute atomic E-state index is 12.2. The van der Waals surface area contributed by atoms with E-state index in [4.69, 9.17) is 11.6 Å². The van der Waals surface area contributed by atoms with Gasteiger partial charge in [0.15, 0.2) is 0 Å². The molecule has 1 aliphatic carbocycles. The van der Waals surface area contributed by atoms with Gasteiger partial charge in [-0.15, -0.1) is 0 Å². The van der Waals surface area contributed by atoms with Crippen LogP contribution < -0.4 is 5.32 Å². The number of hydrogen-bond acceptors (Lipinski definition) is 1. The zero-order chi connectivity index (χ0) is 14.5. The van der Waals surface area contributed by atoms with E-state index in [0.29, 0.717) is 16.5 Å². The molecule has 1 aromatic rings. The van der Waals surface area contributed by atoms with E-state index in [1.807, 2.05) is 12.1 Å². The number of carbonyl (C=O) groups excluding carboxylic acids is 1. The molecule has 1 N–H and O–H groups in total. The molecule has 0 saturated heterocycles. The predicted molar refractivity (Wildman–Crippen MR) is 92.2 cm³/mol. The van der Waals surface area contributed by atoms with Crippen molar-refractivity contribution in [2.45, 2.75) is 39.0 Å².